The molecule has 7 heteroatoms. The fourth-order valence-electron chi connectivity index (χ4n) is 2.95. The predicted octanol–water partition coefficient (Wildman–Crippen LogP) is 3.21. The van der Waals surface area contributed by atoms with Crippen molar-refractivity contribution in [1.82, 2.24) is 25.9 Å². The van der Waals surface area contributed by atoms with Crippen LogP contribution in [0.25, 0.3) is 10.8 Å². The Morgan fingerprint density at radius 2 is 1.81 bits per heavy atom. The van der Waals surface area contributed by atoms with Crippen LogP contribution in [0.15, 0.2) is 66.7 Å². The molecule has 2 N–H and O–H groups in total. The molecule has 0 unspecified atom stereocenters. The van der Waals surface area contributed by atoms with Crippen LogP contribution in [0.1, 0.15) is 27.8 Å². The number of carbonyl (C=O) groups excluding carboxylic acids is 1. The summed E-state index contributed by atoms with van der Waals surface area (Å²) in [6.45, 7) is 0. The Morgan fingerprint density at radius 1 is 1.04 bits per heavy atom. The lowest BCUT2D eigenvalue weighted by atomic mass is 10.0. The van der Waals surface area contributed by atoms with Crippen molar-refractivity contribution in [1.29, 1.82) is 0 Å². The van der Waals surface area contributed by atoms with Crippen LogP contribution < -0.4 is 5.32 Å². The van der Waals surface area contributed by atoms with Gasteiger partial charge in [-0.2, -0.15) is 5.21 Å². The van der Waals surface area contributed by atoms with Crippen LogP contribution in [0.4, 0.5) is 4.39 Å². The van der Waals surface area contributed by atoms with Crippen LogP contribution in [0, 0.1) is 5.82 Å². The van der Waals surface area contributed by atoms with Gasteiger partial charge in [0.25, 0.3) is 5.91 Å². The smallest absolute Gasteiger partial charge is 0.251 e. The van der Waals surface area contributed by atoms with Gasteiger partial charge in [0.05, 0.1) is 6.04 Å². The second kappa shape index (κ2) is 7.33. The Morgan fingerprint density at radius 3 is 2.56 bits per heavy atom. The average Bonchev–Trinajstić information content (AvgIpc) is 3.23. The number of nitrogens with one attached hydrogen (secondary N) is 2. The van der Waals surface area contributed by atoms with Gasteiger partial charge >= 0.3 is 0 Å². The molecule has 0 aliphatic carbocycles. The number of aromatic nitrogens is 4. The molecule has 0 aliphatic heterocycles. The Bertz CT molecular complexity index is 1060. The molecule has 1 atom stereocenters. The van der Waals surface area contributed by atoms with Crippen molar-refractivity contribution >= 4 is 16.7 Å². The molecule has 27 heavy (non-hydrogen) atoms. The van der Waals surface area contributed by atoms with E-state index >= 15 is 0 Å². The first-order chi connectivity index (χ1) is 13.2. The molecular formula is C20H16FN5O. The lowest BCUT2D eigenvalue weighted by Crippen LogP contribution is -2.30. The van der Waals surface area contributed by atoms with Crippen molar-refractivity contribution in [3.8, 4) is 0 Å². The molecule has 0 bridgehead atoms. The number of H-pyrrole nitrogens is 1. The molecule has 1 heterocycles. The lowest BCUT2D eigenvalue weighted by molar-refractivity contribution is 0.0935. The molecule has 4 aromatic rings. The van der Waals surface area contributed by atoms with E-state index in [1.54, 1.807) is 18.2 Å². The maximum absolute atomic E-state index is 13.1. The van der Waals surface area contributed by atoms with Gasteiger partial charge in [-0.1, -0.05) is 47.7 Å². The van der Waals surface area contributed by atoms with E-state index < -0.39 is 6.04 Å². The summed E-state index contributed by atoms with van der Waals surface area (Å²) in [6, 6.07) is 19.0. The Labute approximate surface area is 154 Å². The molecule has 3 aromatic carbocycles. The van der Waals surface area contributed by atoms with Gasteiger partial charge in [0, 0.05) is 12.0 Å². The number of benzene rings is 3. The highest BCUT2D eigenvalue weighted by atomic mass is 19.1. The molecule has 134 valence electrons. The van der Waals surface area contributed by atoms with E-state index in [1.165, 1.54) is 12.1 Å². The van der Waals surface area contributed by atoms with Gasteiger partial charge in [0.15, 0.2) is 5.82 Å². The summed E-state index contributed by atoms with van der Waals surface area (Å²) in [5.74, 6) is -0.179. The fourth-order valence-corrected chi connectivity index (χ4v) is 2.95. The first-order valence-corrected chi connectivity index (χ1v) is 8.46. The van der Waals surface area contributed by atoms with E-state index in [0.29, 0.717) is 17.8 Å². The zero-order valence-corrected chi connectivity index (χ0v) is 14.3. The quantitative estimate of drug-likeness (QED) is 0.572. The highest BCUT2D eigenvalue weighted by molar-refractivity contribution is 5.98. The fraction of sp³-hybridized carbons (Fsp3) is 0.100. The number of amides is 1. The number of tetrazole rings is 1. The number of rotatable bonds is 5. The molecule has 0 saturated carbocycles. The Kier molecular flexibility index (Phi) is 4.57. The van der Waals surface area contributed by atoms with Gasteiger partial charge < -0.3 is 5.32 Å². The molecule has 0 fully saturated rings. The summed E-state index contributed by atoms with van der Waals surface area (Å²) in [6.07, 6.45) is 0.416. The predicted molar refractivity (Wildman–Crippen MR) is 98.4 cm³/mol. The number of nitrogens with zero attached hydrogens (tertiary/aromatic N) is 3. The van der Waals surface area contributed by atoms with Crippen LogP contribution in [-0.4, -0.2) is 26.5 Å². The molecule has 0 saturated heterocycles. The summed E-state index contributed by atoms with van der Waals surface area (Å²) < 4.78 is 13.1. The number of hydrogen-bond donors (Lipinski definition) is 2. The van der Waals surface area contributed by atoms with Crippen LogP contribution >= 0.6 is 0 Å². The number of hydrogen-bond acceptors (Lipinski definition) is 4. The Hall–Kier alpha value is -3.61. The van der Waals surface area contributed by atoms with Crippen molar-refractivity contribution in [2.45, 2.75) is 12.5 Å². The van der Waals surface area contributed by atoms with Gasteiger partial charge in [-0.25, -0.2) is 4.39 Å². The molecule has 0 radical (unpaired) electrons. The monoisotopic (exact) mass is 361 g/mol. The topological polar surface area (TPSA) is 83.6 Å². The maximum atomic E-state index is 13.1. The van der Waals surface area contributed by atoms with Gasteiger partial charge in [0.2, 0.25) is 0 Å². The standard InChI is InChI=1S/C20H16FN5O/c21-17-9-5-13(6-10-17)11-18(19-23-25-26-24-19)22-20(27)16-8-7-14-3-1-2-4-15(14)12-16/h1-10,12,18H,11H2,(H,22,27)(H,23,24,25,26)/t18-/m1/s1. The number of aromatic amines is 1. The van der Waals surface area contributed by atoms with E-state index in [1.807, 2.05) is 36.4 Å². The summed E-state index contributed by atoms with van der Waals surface area (Å²) in [7, 11) is 0. The third kappa shape index (κ3) is 3.82. The van der Waals surface area contributed by atoms with Gasteiger partial charge in [-0.15, -0.1) is 10.2 Å². The van der Waals surface area contributed by atoms with Gasteiger partial charge in [-0.05, 0) is 40.6 Å². The van der Waals surface area contributed by atoms with Crippen molar-refractivity contribution < 1.29 is 9.18 Å². The lowest BCUT2D eigenvalue weighted by Gasteiger charge is -2.16. The molecule has 4 rings (SSSR count). The Balaban J connectivity index is 1.58. The maximum Gasteiger partial charge on any atom is 0.251 e. The van der Waals surface area contributed by atoms with Crippen molar-refractivity contribution in [2.24, 2.45) is 0 Å². The van der Waals surface area contributed by atoms with Crippen molar-refractivity contribution in [3.63, 3.8) is 0 Å². The zero-order chi connectivity index (χ0) is 18.6. The largest absolute Gasteiger partial charge is 0.342 e. The van der Waals surface area contributed by atoms with Crippen LogP contribution in [0.5, 0.6) is 0 Å². The van der Waals surface area contributed by atoms with Crippen LogP contribution in [-0.2, 0) is 6.42 Å². The molecule has 1 aromatic heterocycles. The second-order valence-electron chi connectivity index (χ2n) is 6.19. The number of halogens is 1. The van der Waals surface area contributed by atoms with E-state index in [0.717, 1.165) is 16.3 Å². The van der Waals surface area contributed by atoms with Gasteiger partial charge in [0.1, 0.15) is 5.82 Å². The highest BCUT2D eigenvalue weighted by Gasteiger charge is 2.20. The van der Waals surface area contributed by atoms with E-state index in [-0.39, 0.29) is 11.7 Å². The average molecular weight is 361 g/mol. The van der Waals surface area contributed by atoms with Crippen molar-refractivity contribution in [2.75, 3.05) is 0 Å². The normalized spacial score (nSPS) is 12.0. The summed E-state index contributed by atoms with van der Waals surface area (Å²) in [5.41, 5.74) is 1.39. The molecule has 0 aliphatic rings. The first kappa shape index (κ1) is 16.8. The summed E-state index contributed by atoms with van der Waals surface area (Å²) in [4.78, 5) is 12.8. The minimum Gasteiger partial charge on any atom is -0.342 e. The van der Waals surface area contributed by atoms with Crippen molar-refractivity contribution in [3.05, 3.63) is 89.5 Å². The minimum absolute atomic E-state index is 0.238. The number of carbonyl (C=O) groups is 1. The van der Waals surface area contributed by atoms with Gasteiger partial charge in [-0.3, -0.25) is 4.79 Å². The zero-order valence-electron chi connectivity index (χ0n) is 14.3. The third-order valence-corrected chi connectivity index (χ3v) is 4.34. The summed E-state index contributed by atoms with van der Waals surface area (Å²) >= 11 is 0. The molecular weight excluding hydrogens is 345 g/mol. The minimum atomic E-state index is -0.492. The van der Waals surface area contributed by atoms with E-state index in [2.05, 4.69) is 25.9 Å². The van der Waals surface area contributed by atoms with E-state index in [4.69, 9.17) is 0 Å². The SMILES string of the molecule is O=C(N[C@H](Cc1ccc(F)cc1)c1nn[nH]n1)c1ccc2ccccc2c1. The molecule has 6 nitrogen and oxygen atoms in total. The highest BCUT2D eigenvalue weighted by Crippen LogP contribution is 2.18. The molecule has 1 amide bonds. The molecule has 0 spiro atoms. The van der Waals surface area contributed by atoms with E-state index in [9.17, 15) is 9.18 Å². The van der Waals surface area contributed by atoms with Crippen LogP contribution in [0.3, 0.4) is 0 Å². The first-order valence-electron chi connectivity index (χ1n) is 8.46. The second-order valence-corrected chi connectivity index (χ2v) is 6.19. The number of fused-ring (bicyclic) bond motifs is 1. The summed E-state index contributed by atoms with van der Waals surface area (Å²) in [5, 5.41) is 19.0. The third-order valence-electron chi connectivity index (χ3n) is 4.34. The van der Waals surface area contributed by atoms with Crippen LogP contribution in [0.2, 0.25) is 0 Å².